The largest absolute Gasteiger partial charge is 0.508 e. The van der Waals surface area contributed by atoms with Gasteiger partial charge in [0.25, 0.3) is 5.91 Å². The summed E-state index contributed by atoms with van der Waals surface area (Å²) < 4.78 is 11.0. The molecule has 2 heterocycles. The molecule has 0 unspecified atom stereocenters. The zero-order valence-electron chi connectivity index (χ0n) is 14.6. The standard InChI is InChI=1S/C20H18N2O5/c1-21-20(25)18-11-22(15-4-2-3-5-16(15)26-18)10-12-8-19(24)27-17-9-13(23)6-7-14(12)17/h2-9,18,23H,10-11H2,1H3,(H,21,25)/t18-/m1/s1. The first kappa shape index (κ1) is 17.0. The molecule has 27 heavy (non-hydrogen) atoms. The number of aromatic hydroxyl groups is 1. The van der Waals surface area contributed by atoms with E-state index in [2.05, 4.69) is 5.32 Å². The summed E-state index contributed by atoms with van der Waals surface area (Å²) in [7, 11) is 1.57. The molecular formula is C20H18N2O5. The van der Waals surface area contributed by atoms with E-state index in [9.17, 15) is 14.7 Å². The molecule has 1 amide bonds. The molecule has 4 rings (SSSR count). The number of anilines is 1. The number of phenolic OH excluding ortho intramolecular Hbond substituents is 1. The number of carbonyl (C=O) groups excluding carboxylic acids is 1. The van der Waals surface area contributed by atoms with Crippen LogP contribution in [0, 0.1) is 0 Å². The minimum absolute atomic E-state index is 0.0270. The Balaban J connectivity index is 1.76. The number of nitrogens with one attached hydrogen (secondary N) is 1. The summed E-state index contributed by atoms with van der Waals surface area (Å²) in [5, 5.41) is 13.0. The molecule has 7 heteroatoms. The Morgan fingerprint density at radius 3 is 2.89 bits per heavy atom. The van der Waals surface area contributed by atoms with Gasteiger partial charge < -0.3 is 24.5 Å². The lowest BCUT2D eigenvalue weighted by atomic mass is 10.1. The van der Waals surface area contributed by atoms with Gasteiger partial charge in [-0.2, -0.15) is 0 Å². The second-order valence-electron chi connectivity index (χ2n) is 6.34. The zero-order valence-corrected chi connectivity index (χ0v) is 14.6. The van der Waals surface area contributed by atoms with Crippen LogP contribution in [0.25, 0.3) is 11.0 Å². The van der Waals surface area contributed by atoms with Crippen molar-refractivity contribution in [1.29, 1.82) is 0 Å². The normalized spacial score (nSPS) is 15.9. The Kier molecular flexibility index (Phi) is 4.19. The van der Waals surface area contributed by atoms with Gasteiger partial charge in [-0.25, -0.2) is 4.79 Å². The van der Waals surface area contributed by atoms with Gasteiger partial charge >= 0.3 is 5.63 Å². The van der Waals surface area contributed by atoms with E-state index in [0.29, 0.717) is 24.4 Å². The highest BCUT2D eigenvalue weighted by atomic mass is 16.5. The summed E-state index contributed by atoms with van der Waals surface area (Å²) in [5.41, 5.74) is 1.42. The SMILES string of the molecule is CNC(=O)[C@H]1CN(Cc2cc(=O)oc3cc(O)ccc23)c2ccccc2O1. The minimum Gasteiger partial charge on any atom is -0.508 e. The lowest BCUT2D eigenvalue weighted by Crippen LogP contribution is -2.48. The maximum atomic E-state index is 12.1. The van der Waals surface area contributed by atoms with E-state index in [1.54, 1.807) is 19.2 Å². The van der Waals surface area contributed by atoms with Gasteiger partial charge in [-0.1, -0.05) is 12.1 Å². The van der Waals surface area contributed by atoms with E-state index < -0.39 is 11.7 Å². The summed E-state index contributed by atoms with van der Waals surface area (Å²) in [5.74, 6) is 0.429. The molecule has 0 fully saturated rings. The number of rotatable bonds is 3. The van der Waals surface area contributed by atoms with Crippen LogP contribution in [0.15, 0.2) is 57.7 Å². The number of hydrogen-bond acceptors (Lipinski definition) is 6. The van der Waals surface area contributed by atoms with Gasteiger partial charge in [-0.3, -0.25) is 4.79 Å². The van der Waals surface area contributed by atoms with Crippen LogP contribution in [-0.2, 0) is 11.3 Å². The van der Waals surface area contributed by atoms with Crippen molar-refractivity contribution in [2.24, 2.45) is 0 Å². The average molecular weight is 366 g/mol. The first-order chi connectivity index (χ1) is 13.0. The van der Waals surface area contributed by atoms with Crippen LogP contribution in [0.5, 0.6) is 11.5 Å². The van der Waals surface area contributed by atoms with Gasteiger partial charge in [0.15, 0.2) is 6.10 Å². The Morgan fingerprint density at radius 1 is 1.26 bits per heavy atom. The molecule has 138 valence electrons. The number of ether oxygens (including phenoxy) is 1. The van der Waals surface area contributed by atoms with Crippen LogP contribution in [0.4, 0.5) is 5.69 Å². The molecule has 1 atom stereocenters. The van der Waals surface area contributed by atoms with Crippen molar-refractivity contribution < 1.29 is 19.1 Å². The Morgan fingerprint density at radius 2 is 2.07 bits per heavy atom. The first-order valence-corrected chi connectivity index (χ1v) is 8.53. The summed E-state index contributed by atoms with van der Waals surface area (Å²) in [6, 6.07) is 13.6. The monoisotopic (exact) mass is 366 g/mol. The van der Waals surface area contributed by atoms with Crippen LogP contribution < -0.4 is 20.6 Å². The van der Waals surface area contributed by atoms with Gasteiger partial charge in [0.1, 0.15) is 17.1 Å². The van der Waals surface area contributed by atoms with Crippen LogP contribution in [0.1, 0.15) is 5.56 Å². The molecule has 0 spiro atoms. The first-order valence-electron chi connectivity index (χ1n) is 8.53. The number of hydrogen-bond donors (Lipinski definition) is 2. The fourth-order valence-corrected chi connectivity index (χ4v) is 3.31. The van der Waals surface area contributed by atoms with Crippen molar-refractivity contribution in [3.8, 4) is 11.5 Å². The number of amides is 1. The number of likely N-dealkylation sites (N-methyl/N-ethyl adjacent to an activating group) is 1. The molecule has 3 aromatic rings. The van der Waals surface area contributed by atoms with E-state index in [-0.39, 0.29) is 11.7 Å². The average Bonchev–Trinajstić information content (AvgIpc) is 2.66. The van der Waals surface area contributed by atoms with Crippen LogP contribution in [0.3, 0.4) is 0 Å². The van der Waals surface area contributed by atoms with Gasteiger partial charge in [-0.15, -0.1) is 0 Å². The molecule has 7 nitrogen and oxygen atoms in total. The number of fused-ring (bicyclic) bond motifs is 2. The molecule has 0 bridgehead atoms. The zero-order chi connectivity index (χ0) is 19.0. The van der Waals surface area contributed by atoms with Crippen molar-refractivity contribution in [2.75, 3.05) is 18.5 Å². The second-order valence-corrected chi connectivity index (χ2v) is 6.34. The number of benzene rings is 2. The van der Waals surface area contributed by atoms with Crippen LogP contribution in [0.2, 0.25) is 0 Å². The third kappa shape index (κ3) is 3.19. The lowest BCUT2D eigenvalue weighted by Gasteiger charge is -2.35. The van der Waals surface area contributed by atoms with Crippen molar-refractivity contribution in [3.05, 3.63) is 64.5 Å². The maximum Gasteiger partial charge on any atom is 0.336 e. The van der Waals surface area contributed by atoms with E-state index >= 15 is 0 Å². The van der Waals surface area contributed by atoms with Crippen LogP contribution in [-0.4, -0.2) is 30.7 Å². The summed E-state index contributed by atoms with van der Waals surface area (Å²) >= 11 is 0. The number of phenols is 1. The summed E-state index contributed by atoms with van der Waals surface area (Å²) in [4.78, 5) is 26.1. The Hall–Kier alpha value is -3.48. The smallest absolute Gasteiger partial charge is 0.336 e. The number of nitrogens with zero attached hydrogens (tertiary/aromatic N) is 1. The minimum atomic E-state index is -0.652. The molecule has 0 radical (unpaired) electrons. The molecule has 0 saturated carbocycles. The van der Waals surface area contributed by atoms with E-state index in [1.165, 1.54) is 12.1 Å². The van der Waals surface area contributed by atoms with Crippen molar-refractivity contribution in [3.63, 3.8) is 0 Å². The fraction of sp³-hybridized carbons (Fsp3) is 0.200. The van der Waals surface area contributed by atoms with Gasteiger partial charge in [0, 0.05) is 31.1 Å². The van der Waals surface area contributed by atoms with Gasteiger partial charge in [0.05, 0.1) is 12.2 Å². The van der Waals surface area contributed by atoms with E-state index in [1.807, 2.05) is 29.2 Å². The number of carbonyl (C=O) groups is 1. The molecule has 0 aliphatic carbocycles. The van der Waals surface area contributed by atoms with E-state index in [0.717, 1.165) is 16.6 Å². The second kappa shape index (κ2) is 6.68. The quantitative estimate of drug-likeness (QED) is 0.689. The van der Waals surface area contributed by atoms with Crippen LogP contribution >= 0.6 is 0 Å². The maximum absolute atomic E-state index is 12.1. The van der Waals surface area contributed by atoms with Gasteiger partial charge in [0.2, 0.25) is 0 Å². The molecule has 2 N–H and O–H groups in total. The molecular weight excluding hydrogens is 348 g/mol. The Bertz CT molecular complexity index is 1080. The molecule has 1 aliphatic rings. The fourth-order valence-electron chi connectivity index (χ4n) is 3.31. The van der Waals surface area contributed by atoms with Crippen molar-refractivity contribution in [2.45, 2.75) is 12.6 Å². The predicted molar refractivity (Wildman–Crippen MR) is 100 cm³/mol. The summed E-state index contributed by atoms with van der Waals surface area (Å²) in [6.07, 6.45) is -0.652. The van der Waals surface area contributed by atoms with Gasteiger partial charge in [-0.05, 0) is 29.8 Å². The predicted octanol–water partition coefficient (Wildman–Crippen LogP) is 2.01. The summed E-state index contributed by atoms with van der Waals surface area (Å²) in [6.45, 7) is 0.733. The third-order valence-corrected chi connectivity index (χ3v) is 4.58. The molecule has 1 aliphatic heterocycles. The van der Waals surface area contributed by atoms with Crippen molar-refractivity contribution in [1.82, 2.24) is 5.32 Å². The highest BCUT2D eigenvalue weighted by Gasteiger charge is 2.30. The number of para-hydroxylation sites is 2. The Labute approximate surface area is 154 Å². The lowest BCUT2D eigenvalue weighted by molar-refractivity contribution is -0.127. The molecule has 0 saturated heterocycles. The van der Waals surface area contributed by atoms with E-state index in [4.69, 9.17) is 9.15 Å². The highest BCUT2D eigenvalue weighted by Crippen LogP contribution is 2.35. The third-order valence-electron chi connectivity index (χ3n) is 4.58. The topological polar surface area (TPSA) is 92.0 Å². The van der Waals surface area contributed by atoms with Crippen molar-refractivity contribution >= 4 is 22.6 Å². The highest BCUT2D eigenvalue weighted by molar-refractivity contribution is 5.84. The molecule has 2 aromatic carbocycles. The molecule has 1 aromatic heterocycles.